The van der Waals surface area contributed by atoms with Crippen LogP contribution in [0.15, 0.2) is 0 Å². The molecule has 0 radical (unpaired) electrons. The average molecular weight is 1180 g/mol. The molecule has 23 nitrogen and oxygen atoms in total. The van der Waals surface area contributed by atoms with Gasteiger partial charge in [0.05, 0.1) is 12.1 Å². The van der Waals surface area contributed by atoms with Crippen LogP contribution in [0.1, 0.15) is 162 Å². The molecule has 0 saturated carbocycles. The highest BCUT2D eigenvalue weighted by Crippen LogP contribution is 2.28. The lowest BCUT2D eigenvalue weighted by Crippen LogP contribution is -2.67. The maximum atomic E-state index is 14.9. The van der Waals surface area contributed by atoms with Crippen LogP contribution < -0.4 is 27.0 Å². The van der Waals surface area contributed by atoms with E-state index in [1.807, 2.05) is 76.2 Å². The molecule has 0 rings (SSSR count). The average Bonchev–Trinajstić information content (AvgIpc) is 3.40. The van der Waals surface area contributed by atoms with Crippen molar-refractivity contribution in [2.45, 2.75) is 216 Å². The number of carbonyl (C=O) groups excluding carboxylic acids is 11. The van der Waals surface area contributed by atoms with Gasteiger partial charge >= 0.3 is 6.03 Å². The first-order valence-electron chi connectivity index (χ1n) is 29.8. The number of hydrogen-bond acceptors (Lipinski definition) is 14. The minimum Gasteiger partial charge on any atom is -0.396 e. The van der Waals surface area contributed by atoms with Crippen LogP contribution in [0.4, 0.5) is 4.79 Å². The van der Waals surface area contributed by atoms with Crippen LogP contribution >= 0.6 is 0 Å². The third-order valence-corrected chi connectivity index (χ3v) is 15.9. The van der Waals surface area contributed by atoms with Crippen molar-refractivity contribution in [3.8, 4) is 0 Å². The van der Waals surface area contributed by atoms with Crippen molar-refractivity contribution in [2.24, 2.45) is 53.1 Å². The van der Waals surface area contributed by atoms with E-state index in [1.54, 1.807) is 27.8 Å². The van der Waals surface area contributed by atoms with Gasteiger partial charge in [0.1, 0.15) is 42.5 Å². The SMILES string of the molecule is CN[C@@H](CC(C)C)C(=O)NC(=O)N[C@H](C)C(=O)N(C)[C@H](CC(C)C)C(=O)N(C)[C@H](CC(C)C)C(=O)N(C)[C@@H](C(=O)N(C)[C@H](C[C@@H](CCO)CCC(C)CC(=O)N(C)[C@H](C)C(=O)N(C)[C@](C=O)(CC(C)C)N[C@@H](C=O)C(C)C)C(N)=O)C(C)C. The van der Waals surface area contributed by atoms with Crippen LogP contribution in [0.3, 0.4) is 0 Å². The molecule has 0 spiro atoms. The number of imide groups is 1. The minimum absolute atomic E-state index is 0.0392. The zero-order valence-corrected chi connectivity index (χ0v) is 54.7. The molecule has 7 N–H and O–H groups in total. The van der Waals surface area contributed by atoms with Crippen LogP contribution in [-0.4, -0.2) is 210 Å². The number of likely N-dealkylation sites (N-methyl/N-ethyl adjacent to an activating group) is 7. The van der Waals surface area contributed by atoms with Crippen molar-refractivity contribution >= 4 is 65.9 Å². The number of amides is 10. The topological polar surface area (TPSA) is 302 Å². The highest BCUT2D eigenvalue weighted by Gasteiger charge is 2.44. The third kappa shape index (κ3) is 23.8. The van der Waals surface area contributed by atoms with E-state index < -0.39 is 107 Å². The maximum Gasteiger partial charge on any atom is 0.322 e. The number of aliphatic hydroxyl groups excluding tert-OH is 1. The maximum absolute atomic E-state index is 14.9. The number of hydrogen-bond donors (Lipinski definition) is 6. The molecular weight excluding hydrogens is 1070 g/mol. The molecule has 478 valence electrons. The van der Waals surface area contributed by atoms with Gasteiger partial charge in [-0.05, 0) is 113 Å². The van der Waals surface area contributed by atoms with Gasteiger partial charge in [-0.3, -0.25) is 53.8 Å². The zero-order chi connectivity index (χ0) is 64.7. The lowest BCUT2D eigenvalue weighted by atomic mass is 9.87. The number of aldehydes is 2. The highest BCUT2D eigenvalue weighted by molar-refractivity contribution is 6.00. The van der Waals surface area contributed by atoms with Crippen LogP contribution in [0.25, 0.3) is 0 Å². The molecule has 0 aliphatic heterocycles. The summed E-state index contributed by atoms with van der Waals surface area (Å²) in [6.07, 6.45) is 3.69. The second-order valence-electron chi connectivity index (χ2n) is 25.6. The number of nitrogens with one attached hydrogen (secondary N) is 4. The number of carbonyl (C=O) groups is 11. The Morgan fingerprint density at radius 3 is 1.48 bits per heavy atom. The molecule has 0 fully saturated rings. The Balaban J connectivity index is 6.54. The normalized spacial score (nSPS) is 16.1. The number of nitrogens with zero attached hydrogens (tertiary/aromatic N) is 6. The van der Waals surface area contributed by atoms with Gasteiger partial charge in [-0.15, -0.1) is 0 Å². The van der Waals surface area contributed by atoms with Crippen molar-refractivity contribution in [1.82, 2.24) is 50.7 Å². The molecule has 0 aromatic carbocycles. The first kappa shape index (κ1) is 77.5. The molecule has 83 heavy (non-hydrogen) atoms. The Hall–Kier alpha value is -5.55. The smallest absolute Gasteiger partial charge is 0.322 e. The predicted molar refractivity (Wildman–Crippen MR) is 322 cm³/mol. The van der Waals surface area contributed by atoms with Crippen LogP contribution in [0.5, 0.6) is 0 Å². The summed E-state index contributed by atoms with van der Waals surface area (Å²) in [5, 5.41) is 21.0. The van der Waals surface area contributed by atoms with Gasteiger partial charge in [0.15, 0.2) is 11.9 Å². The highest BCUT2D eigenvalue weighted by atomic mass is 16.3. The quantitative estimate of drug-likeness (QED) is 0.0380. The van der Waals surface area contributed by atoms with Gasteiger partial charge < -0.3 is 55.7 Å². The summed E-state index contributed by atoms with van der Waals surface area (Å²) in [5.41, 5.74) is 4.53. The van der Waals surface area contributed by atoms with Gasteiger partial charge in [-0.2, -0.15) is 0 Å². The first-order valence-corrected chi connectivity index (χ1v) is 29.8. The molecule has 0 aromatic rings. The molecule has 1 unspecified atom stereocenters. The van der Waals surface area contributed by atoms with Gasteiger partial charge in [0.25, 0.3) is 0 Å². The summed E-state index contributed by atoms with van der Waals surface area (Å²) in [5.74, 6) is -5.82. The monoisotopic (exact) mass is 1180 g/mol. The van der Waals surface area contributed by atoms with E-state index in [2.05, 4.69) is 21.3 Å². The summed E-state index contributed by atoms with van der Waals surface area (Å²) in [4.78, 5) is 158. The molecule has 10 amide bonds. The second-order valence-corrected chi connectivity index (χ2v) is 25.6. The third-order valence-electron chi connectivity index (χ3n) is 15.9. The molecule has 0 aliphatic carbocycles. The van der Waals surface area contributed by atoms with Gasteiger partial charge in [-0.25, -0.2) is 4.79 Å². The summed E-state index contributed by atoms with van der Waals surface area (Å²) in [7, 11) is 10.4. The van der Waals surface area contributed by atoms with Crippen molar-refractivity contribution in [1.29, 1.82) is 0 Å². The van der Waals surface area contributed by atoms with Gasteiger partial charge in [-0.1, -0.05) is 96.4 Å². The van der Waals surface area contributed by atoms with Crippen LogP contribution in [-0.2, 0) is 47.9 Å². The van der Waals surface area contributed by atoms with Crippen molar-refractivity contribution in [2.75, 3.05) is 55.9 Å². The Morgan fingerprint density at radius 1 is 0.566 bits per heavy atom. The number of rotatable bonds is 38. The summed E-state index contributed by atoms with van der Waals surface area (Å²) >= 11 is 0. The minimum atomic E-state index is -1.51. The van der Waals surface area contributed by atoms with Crippen molar-refractivity contribution in [3.63, 3.8) is 0 Å². The van der Waals surface area contributed by atoms with Gasteiger partial charge in [0, 0.05) is 55.3 Å². The van der Waals surface area contributed by atoms with Crippen molar-refractivity contribution < 1.29 is 57.8 Å². The predicted octanol–water partition coefficient (Wildman–Crippen LogP) is 3.63. The first-order chi connectivity index (χ1) is 38.3. The van der Waals surface area contributed by atoms with E-state index in [9.17, 15) is 57.8 Å². The largest absolute Gasteiger partial charge is 0.396 e. The Morgan fingerprint density at radius 2 is 1.06 bits per heavy atom. The molecule has 11 atom stereocenters. The van der Waals surface area contributed by atoms with Crippen LogP contribution in [0.2, 0.25) is 0 Å². The Bertz CT molecular complexity index is 2140. The summed E-state index contributed by atoms with van der Waals surface area (Å²) < 4.78 is 0. The fourth-order valence-electron chi connectivity index (χ4n) is 10.5. The Labute approximate surface area is 497 Å². The zero-order valence-electron chi connectivity index (χ0n) is 54.7. The number of primary amides is 1. The summed E-state index contributed by atoms with van der Waals surface area (Å²) in [6, 6.07) is -8.84. The lowest BCUT2D eigenvalue weighted by molar-refractivity contribution is -0.155. The molecule has 0 saturated heterocycles. The van der Waals surface area contributed by atoms with E-state index >= 15 is 0 Å². The van der Waals surface area contributed by atoms with E-state index in [4.69, 9.17) is 5.73 Å². The molecular formula is C60H111N11O12. The molecule has 0 aliphatic rings. The standard InChI is InChI=1S/C60H111N11O12/c1-35(2)27-45(62-16)53(77)64-59(83)63-42(14)54(78)68(19)48(28-36(3)4)56(80)69(20)49(29-37(5)6)57(81)70(21)51(40(11)12)58(82)67(18)47(52(61)76)31-44(25-26-72)24-23-41(13)30-50(75)66(17)43(15)55(79)71(22)60(34-74,32-38(7)8)65-46(33-73)39(9)10/h33-49,51,62,65,72H,23-32H2,1-22H3,(H2,61,76)(H2,63,64,77,83)/t41?,42-,43-,44-,45+,46+,47-,48-,49-,51-,60+/m1/s1. The van der Waals surface area contributed by atoms with Gasteiger partial charge in [0.2, 0.25) is 47.3 Å². The molecule has 0 heterocycles. The fourth-order valence-corrected chi connectivity index (χ4v) is 10.5. The lowest BCUT2D eigenvalue weighted by Gasteiger charge is -2.43. The molecule has 0 aromatic heterocycles. The fraction of sp³-hybridized carbons (Fsp3) is 0.817. The van der Waals surface area contributed by atoms with E-state index in [0.29, 0.717) is 25.5 Å². The van der Waals surface area contributed by atoms with Crippen molar-refractivity contribution in [3.05, 3.63) is 0 Å². The molecule has 23 heteroatoms. The molecule has 0 bridgehead atoms. The number of urea groups is 1. The van der Waals surface area contributed by atoms with E-state index in [1.165, 1.54) is 78.6 Å². The second kappa shape index (κ2) is 36.3. The van der Waals surface area contributed by atoms with Crippen LogP contribution in [0, 0.1) is 47.3 Å². The number of nitrogens with two attached hydrogens (primary N) is 1. The summed E-state index contributed by atoms with van der Waals surface area (Å²) in [6.45, 7) is 27.1. The Kier molecular flexibility index (Phi) is 33.9. The van der Waals surface area contributed by atoms with E-state index in [-0.39, 0.29) is 92.5 Å². The van der Waals surface area contributed by atoms with E-state index in [0.717, 1.165) is 6.29 Å². The number of aliphatic hydroxyl groups is 1.